The minimum atomic E-state index is -0.964. The molecule has 0 radical (unpaired) electrons. The Labute approximate surface area is 194 Å². The van der Waals surface area contributed by atoms with E-state index in [-0.39, 0.29) is 25.0 Å². The summed E-state index contributed by atoms with van der Waals surface area (Å²) < 4.78 is 11.9. The SMILES string of the molecule is CCCCCCCC(C)Oc1ccc(/C=C2\SC(=S)N(CCC(=O)O)C2=O)cc1OC. The van der Waals surface area contributed by atoms with Gasteiger partial charge in [0.25, 0.3) is 5.91 Å². The molecule has 1 atom stereocenters. The number of hydrogen-bond acceptors (Lipinski definition) is 6. The monoisotopic (exact) mass is 465 g/mol. The van der Waals surface area contributed by atoms with Crippen molar-refractivity contribution in [2.45, 2.75) is 64.9 Å². The topological polar surface area (TPSA) is 76.1 Å². The first-order valence-corrected chi connectivity index (χ1v) is 11.9. The molecular weight excluding hydrogens is 434 g/mol. The highest BCUT2D eigenvalue weighted by molar-refractivity contribution is 8.26. The van der Waals surface area contributed by atoms with Crippen molar-refractivity contribution >= 4 is 46.3 Å². The fourth-order valence-corrected chi connectivity index (χ4v) is 4.54. The maximum atomic E-state index is 12.6. The van der Waals surface area contributed by atoms with E-state index in [4.69, 9.17) is 26.8 Å². The van der Waals surface area contributed by atoms with Crippen LogP contribution < -0.4 is 9.47 Å². The summed E-state index contributed by atoms with van der Waals surface area (Å²) in [4.78, 5) is 25.2. The normalized spacial score (nSPS) is 16.1. The number of carboxylic acid groups (broad SMARTS) is 1. The number of carbonyl (C=O) groups excluding carboxylic acids is 1. The van der Waals surface area contributed by atoms with Crippen molar-refractivity contribution in [3.63, 3.8) is 0 Å². The summed E-state index contributed by atoms with van der Waals surface area (Å²) in [5, 5.41) is 8.85. The van der Waals surface area contributed by atoms with Crippen LogP contribution >= 0.6 is 24.0 Å². The van der Waals surface area contributed by atoms with Crippen LogP contribution in [0.1, 0.15) is 64.4 Å². The van der Waals surface area contributed by atoms with Gasteiger partial charge in [0.05, 0.1) is 24.5 Å². The molecule has 0 bridgehead atoms. The summed E-state index contributed by atoms with van der Waals surface area (Å²) in [6, 6.07) is 5.55. The van der Waals surface area contributed by atoms with Gasteiger partial charge in [-0.15, -0.1) is 0 Å². The molecule has 1 aliphatic heterocycles. The third kappa shape index (κ3) is 7.85. The van der Waals surface area contributed by atoms with Crippen molar-refractivity contribution in [1.82, 2.24) is 4.90 Å². The number of thioether (sulfide) groups is 1. The van der Waals surface area contributed by atoms with Crippen molar-refractivity contribution in [1.29, 1.82) is 0 Å². The number of amides is 1. The Morgan fingerprint density at radius 3 is 2.68 bits per heavy atom. The Bertz CT molecular complexity index is 824. The van der Waals surface area contributed by atoms with E-state index in [9.17, 15) is 9.59 Å². The van der Waals surface area contributed by atoms with Crippen LogP contribution in [0.15, 0.2) is 23.1 Å². The highest BCUT2D eigenvalue weighted by atomic mass is 32.2. The molecule has 170 valence electrons. The zero-order chi connectivity index (χ0) is 22.8. The van der Waals surface area contributed by atoms with Crippen LogP contribution in [0.4, 0.5) is 0 Å². The van der Waals surface area contributed by atoms with Gasteiger partial charge in [-0.1, -0.05) is 62.7 Å². The predicted molar refractivity (Wildman–Crippen MR) is 129 cm³/mol. The quantitative estimate of drug-likeness (QED) is 0.234. The summed E-state index contributed by atoms with van der Waals surface area (Å²) in [5.41, 5.74) is 0.787. The first-order chi connectivity index (χ1) is 14.8. The van der Waals surface area contributed by atoms with Gasteiger partial charge >= 0.3 is 5.97 Å². The fraction of sp³-hybridized carbons (Fsp3) is 0.522. The first kappa shape index (κ1) is 25.2. The lowest BCUT2D eigenvalue weighted by atomic mass is 10.1. The molecule has 0 spiro atoms. The molecule has 1 heterocycles. The van der Waals surface area contributed by atoms with Gasteiger partial charge in [-0.3, -0.25) is 14.5 Å². The minimum absolute atomic E-state index is 0.0732. The zero-order valence-corrected chi connectivity index (χ0v) is 20.0. The van der Waals surface area contributed by atoms with Crippen LogP contribution in [0.25, 0.3) is 6.08 Å². The molecular formula is C23H31NO5S2. The van der Waals surface area contributed by atoms with E-state index >= 15 is 0 Å². The molecule has 0 saturated carbocycles. The van der Waals surface area contributed by atoms with Gasteiger partial charge < -0.3 is 14.6 Å². The molecule has 1 aliphatic rings. The number of carbonyl (C=O) groups is 2. The maximum Gasteiger partial charge on any atom is 0.305 e. The van der Waals surface area contributed by atoms with Crippen molar-refractivity contribution in [3.8, 4) is 11.5 Å². The molecule has 31 heavy (non-hydrogen) atoms. The zero-order valence-electron chi connectivity index (χ0n) is 18.4. The number of aliphatic carboxylic acids is 1. The average molecular weight is 466 g/mol. The molecule has 1 aromatic rings. The molecule has 8 heteroatoms. The standard InChI is InChI=1S/C23H31NO5S2/c1-4-5-6-7-8-9-16(2)29-18-11-10-17(14-19(18)28-3)15-20-22(27)24(23(30)31-20)13-12-21(25)26/h10-11,14-16H,4-9,12-13H2,1-3H3,(H,25,26)/b20-15-. The highest BCUT2D eigenvalue weighted by Gasteiger charge is 2.32. The first-order valence-electron chi connectivity index (χ1n) is 10.7. The third-order valence-corrected chi connectivity index (χ3v) is 6.33. The Morgan fingerprint density at radius 2 is 2.00 bits per heavy atom. The number of rotatable bonds is 13. The molecule has 6 nitrogen and oxygen atoms in total. The van der Waals surface area contributed by atoms with Crippen LogP contribution in [0, 0.1) is 0 Å². The summed E-state index contributed by atoms with van der Waals surface area (Å²) in [6.07, 6.45) is 8.84. The second-order valence-electron chi connectivity index (χ2n) is 7.52. The highest BCUT2D eigenvalue weighted by Crippen LogP contribution is 2.35. The number of unbranched alkanes of at least 4 members (excludes halogenated alkanes) is 4. The van der Waals surface area contributed by atoms with Gasteiger partial charge in [0.1, 0.15) is 4.32 Å². The van der Waals surface area contributed by atoms with Gasteiger partial charge in [-0.2, -0.15) is 0 Å². The molecule has 0 aliphatic carbocycles. The lowest BCUT2D eigenvalue weighted by molar-refractivity contribution is -0.137. The lowest BCUT2D eigenvalue weighted by Gasteiger charge is -2.17. The van der Waals surface area contributed by atoms with Gasteiger partial charge in [0.15, 0.2) is 11.5 Å². The van der Waals surface area contributed by atoms with Gasteiger partial charge in [-0.25, -0.2) is 0 Å². The number of ether oxygens (including phenoxy) is 2. The van der Waals surface area contributed by atoms with Crippen molar-refractivity contribution in [3.05, 3.63) is 28.7 Å². The number of benzene rings is 1. The maximum absolute atomic E-state index is 12.6. The van der Waals surface area contributed by atoms with Gasteiger partial charge in [0, 0.05) is 6.54 Å². The van der Waals surface area contributed by atoms with E-state index in [0.29, 0.717) is 20.7 Å². The smallest absolute Gasteiger partial charge is 0.305 e. The summed E-state index contributed by atoms with van der Waals surface area (Å²) in [7, 11) is 1.59. The van der Waals surface area contributed by atoms with E-state index in [1.807, 2.05) is 18.2 Å². The molecule has 1 unspecified atom stereocenters. The Kier molecular flexibility index (Phi) is 10.3. The summed E-state index contributed by atoms with van der Waals surface area (Å²) in [5.74, 6) is 0.0448. The molecule has 1 aromatic carbocycles. The lowest BCUT2D eigenvalue weighted by Crippen LogP contribution is -2.30. The van der Waals surface area contributed by atoms with Crippen molar-refractivity contribution in [2.75, 3.05) is 13.7 Å². The molecule has 1 saturated heterocycles. The van der Waals surface area contributed by atoms with E-state index in [1.165, 1.54) is 42.3 Å². The molecule has 1 N–H and O–H groups in total. The van der Waals surface area contributed by atoms with Crippen LogP contribution in [0.2, 0.25) is 0 Å². The van der Waals surface area contributed by atoms with Crippen LogP contribution in [-0.4, -0.2) is 46.0 Å². The summed E-state index contributed by atoms with van der Waals surface area (Å²) in [6.45, 7) is 4.35. The Balaban J connectivity index is 2.01. The number of nitrogens with zero attached hydrogens (tertiary/aromatic N) is 1. The van der Waals surface area contributed by atoms with Gasteiger partial charge in [-0.05, 0) is 43.5 Å². The Hall–Kier alpha value is -2.06. The summed E-state index contributed by atoms with van der Waals surface area (Å²) >= 11 is 6.40. The van der Waals surface area contributed by atoms with E-state index in [1.54, 1.807) is 13.2 Å². The van der Waals surface area contributed by atoms with Crippen molar-refractivity contribution < 1.29 is 24.2 Å². The fourth-order valence-electron chi connectivity index (χ4n) is 3.23. The molecule has 1 amide bonds. The molecule has 2 rings (SSSR count). The van der Waals surface area contributed by atoms with Gasteiger partial charge in [0.2, 0.25) is 0 Å². The van der Waals surface area contributed by atoms with E-state index in [0.717, 1.165) is 18.4 Å². The number of methoxy groups -OCH3 is 1. The Morgan fingerprint density at radius 1 is 1.26 bits per heavy atom. The largest absolute Gasteiger partial charge is 0.493 e. The van der Waals surface area contributed by atoms with Crippen LogP contribution in [0.3, 0.4) is 0 Å². The third-order valence-electron chi connectivity index (χ3n) is 4.95. The van der Waals surface area contributed by atoms with E-state index < -0.39 is 5.97 Å². The minimum Gasteiger partial charge on any atom is -0.493 e. The van der Waals surface area contributed by atoms with Crippen molar-refractivity contribution in [2.24, 2.45) is 0 Å². The van der Waals surface area contributed by atoms with E-state index in [2.05, 4.69) is 13.8 Å². The number of carboxylic acids is 1. The average Bonchev–Trinajstić information content (AvgIpc) is 2.99. The number of hydrogen-bond donors (Lipinski definition) is 1. The molecule has 0 aromatic heterocycles. The number of thiocarbonyl (C=S) groups is 1. The second-order valence-corrected chi connectivity index (χ2v) is 9.19. The van der Waals surface area contributed by atoms with Crippen LogP contribution in [0.5, 0.6) is 11.5 Å². The second kappa shape index (κ2) is 12.7. The predicted octanol–water partition coefficient (Wildman–Crippen LogP) is 5.50. The van der Waals surface area contributed by atoms with Crippen LogP contribution in [-0.2, 0) is 9.59 Å². The molecule has 1 fully saturated rings.